The zero-order valence-corrected chi connectivity index (χ0v) is 19.9. The zero-order chi connectivity index (χ0) is 23.4. The van der Waals surface area contributed by atoms with Crippen LogP contribution in [0.25, 0.3) is 16.6 Å². The first kappa shape index (κ1) is 23.2. The summed E-state index contributed by atoms with van der Waals surface area (Å²) in [4.78, 5) is 36.3. The van der Waals surface area contributed by atoms with Gasteiger partial charge in [0, 0.05) is 19.0 Å². The van der Waals surface area contributed by atoms with E-state index in [-0.39, 0.29) is 23.4 Å². The van der Waals surface area contributed by atoms with Gasteiger partial charge in [-0.1, -0.05) is 49.6 Å². The Morgan fingerprint density at radius 1 is 1.00 bits per heavy atom. The Kier molecular flexibility index (Phi) is 7.23. The van der Waals surface area contributed by atoms with Crippen LogP contribution in [0.15, 0.2) is 59.4 Å². The standard InChI is InChI=1S/C27H34N4O2/c1-20(30(19-18-29(2)3)26(32)21-12-6-4-7-13-21)25-28-24-17-11-10-16-23(24)27(33)31(25)22-14-8-5-9-15-22/h5,8-11,14-17,20-21H,4,6-7,12-13,18-19H2,1-3H3. The number of hydrogen-bond acceptors (Lipinski definition) is 4. The topological polar surface area (TPSA) is 58.4 Å². The van der Waals surface area contributed by atoms with Crippen LogP contribution in [-0.2, 0) is 4.79 Å². The van der Waals surface area contributed by atoms with Gasteiger partial charge in [-0.15, -0.1) is 0 Å². The second-order valence-corrected chi connectivity index (χ2v) is 9.31. The second kappa shape index (κ2) is 10.3. The number of hydrogen-bond donors (Lipinski definition) is 0. The Morgan fingerprint density at radius 2 is 1.67 bits per heavy atom. The molecule has 4 rings (SSSR count). The quantitative estimate of drug-likeness (QED) is 0.539. The normalized spacial score (nSPS) is 15.6. The molecule has 0 spiro atoms. The van der Waals surface area contributed by atoms with E-state index in [1.54, 1.807) is 4.57 Å². The predicted molar refractivity (Wildman–Crippen MR) is 133 cm³/mol. The molecular formula is C27H34N4O2. The highest BCUT2D eigenvalue weighted by atomic mass is 16.2. The van der Waals surface area contributed by atoms with Crippen molar-refractivity contribution in [3.05, 3.63) is 70.8 Å². The highest BCUT2D eigenvalue weighted by Crippen LogP contribution is 2.30. The molecule has 0 saturated heterocycles. The minimum Gasteiger partial charge on any atom is -0.331 e. The summed E-state index contributed by atoms with van der Waals surface area (Å²) in [6.45, 7) is 3.36. The molecule has 3 aromatic rings. The number of carbonyl (C=O) groups is 1. The molecule has 0 radical (unpaired) electrons. The average Bonchev–Trinajstić information content (AvgIpc) is 2.84. The molecule has 1 aliphatic rings. The van der Waals surface area contributed by atoms with Gasteiger partial charge < -0.3 is 9.80 Å². The van der Waals surface area contributed by atoms with Gasteiger partial charge in [-0.2, -0.15) is 0 Å². The van der Waals surface area contributed by atoms with E-state index in [0.29, 0.717) is 23.3 Å². The Hall–Kier alpha value is -2.99. The molecule has 1 amide bonds. The number of rotatable bonds is 7. The van der Waals surface area contributed by atoms with Crippen molar-refractivity contribution in [3.63, 3.8) is 0 Å². The van der Waals surface area contributed by atoms with Crippen LogP contribution in [0.2, 0.25) is 0 Å². The summed E-state index contributed by atoms with van der Waals surface area (Å²) < 4.78 is 1.68. The smallest absolute Gasteiger partial charge is 0.266 e. The molecule has 1 aliphatic carbocycles. The number of para-hydroxylation sites is 2. The summed E-state index contributed by atoms with van der Waals surface area (Å²) in [6, 6.07) is 16.7. The summed E-state index contributed by atoms with van der Waals surface area (Å²) in [7, 11) is 4.03. The largest absolute Gasteiger partial charge is 0.331 e. The van der Waals surface area contributed by atoms with Gasteiger partial charge >= 0.3 is 0 Å². The number of likely N-dealkylation sites (N-methyl/N-ethyl adjacent to an activating group) is 1. The van der Waals surface area contributed by atoms with Gasteiger partial charge in [0.15, 0.2) is 0 Å². The molecular weight excluding hydrogens is 412 g/mol. The van der Waals surface area contributed by atoms with Gasteiger partial charge in [0.2, 0.25) is 5.91 Å². The molecule has 1 unspecified atom stereocenters. The third-order valence-corrected chi connectivity index (χ3v) is 6.68. The molecule has 1 heterocycles. The fraction of sp³-hybridized carbons (Fsp3) is 0.444. The molecule has 6 nitrogen and oxygen atoms in total. The number of fused-ring (bicyclic) bond motifs is 1. The molecule has 1 fully saturated rings. The fourth-order valence-corrected chi connectivity index (χ4v) is 4.78. The number of aromatic nitrogens is 2. The van der Waals surface area contributed by atoms with E-state index in [2.05, 4.69) is 4.90 Å². The highest BCUT2D eigenvalue weighted by Gasteiger charge is 2.32. The summed E-state index contributed by atoms with van der Waals surface area (Å²) >= 11 is 0. The summed E-state index contributed by atoms with van der Waals surface area (Å²) in [5.41, 5.74) is 1.32. The lowest BCUT2D eigenvalue weighted by Gasteiger charge is -2.35. The number of amides is 1. The van der Waals surface area contributed by atoms with Crippen molar-refractivity contribution in [3.8, 4) is 5.69 Å². The average molecular weight is 447 g/mol. The van der Waals surface area contributed by atoms with Crippen molar-refractivity contribution >= 4 is 16.8 Å². The Balaban J connectivity index is 1.83. The molecule has 1 atom stereocenters. The SMILES string of the molecule is CC(c1nc2ccccc2c(=O)n1-c1ccccc1)N(CCN(C)C)C(=O)C1CCCCC1. The first-order valence-corrected chi connectivity index (χ1v) is 12.0. The van der Waals surface area contributed by atoms with Crippen LogP contribution in [0, 0.1) is 5.92 Å². The number of carbonyl (C=O) groups excluding carboxylic acids is 1. The maximum absolute atomic E-state index is 13.7. The van der Waals surface area contributed by atoms with Crippen molar-refractivity contribution in [2.45, 2.75) is 45.1 Å². The Bertz CT molecular complexity index is 1150. The van der Waals surface area contributed by atoms with Gasteiger partial charge in [-0.25, -0.2) is 4.98 Å². The summed E-state index contributed by atoms with van der Waals surface area (Å²) in [5.74, 6) is 0.847. The molecule has 1 saturated carbocycles. The minimum atomic E-state index is -0.336. The van der Waals surface area contributed by atoms with E-state index in [4.69, 9.17) is 4.98 Å². The summed E-state index contributed by atoms with van der Waals surface area (Å²) in [6.07, 6.45) is 5.31. The first-order valence-electron chi connectivity index (χ1n) is 12.0. The fourth-order valence-electron chi connectivity index (χ4n) is 4.78. The monoisotopic (exact) mass is 446 g/mol. The van der Waals surface area contributed by atoms with E-state index in [9.17, 15) is 9.59 Å². The van der Waals surface area contributed by atoms with E-state index < -0.39 is 0 Å². The van der Waals surface area contributed by atoms with Crippen molar-refractivity contribution in [1.82, 2.24) is 19.4 Å². The van der Waals surface area contributed by atoms with Crippen LogP contribution >= 0.6 is 0 Å². The van der Waals surface area contributed by atoms with E-state index in [1.165, 1.54) is 6.42 Å². The first-order chi connectivity index (χ1) is 16.0. The lowest BCUT2D eigenvalue weighted by molar-refractivity contribution is -0.139. The van der Waals surface area contributed by atoms with Crippen LogP contribution in [0.3, 0.4) is 0 Å². The maximum Gasteiger partial charge on any atom is 0.266 e. The molecule has 2 aromatic carbocycles. The highest BCUT2D eigenvalue weighted by molar-refractivity contribution is 5.80. The van der Waals surface area contributed by atoms with Crippen molar-refractivity contribution in [1.29, 1.82) is 0 Å². The molecule has 1 aromatic heterocycles. The van der Waals surface area contributed by atoms with E-state index >= 15 is 0 Å². The lowest BCUT2D eigenvalue weighted by Crippen LogP contribution is -2.44. The Labute approximate surface area is 195 Å². The van der Waals surface area contributed by atoms with Crippen LogP contribution in [0.4, 0.5) is 0 Å². The van der Waals surface area contributed by atoms with Crippen LogP contribution in [0.5, 0.6) is 0 Å². The lowest BCUT2D eigenvalue weighted by atomic mass is 9.88. The molecule has 33 heavy (non-hydrogen) atoms. The minimum absolute atomic E-state index is 0.0562. The number of nitrogens with zero attached hydrogens (tertiary/aromatic N) is 4. The van der Waals surface area contributed by atoms with Gasteiger partial charge in [0.25, 0.3) is 5.56 Å². The van der Waals surface area contributed by atoms with Crippen LogP contribution < -0.4 is 5.56 Å². The van der Waals surface area contributed by atoms with Crippen molar-refractivity contribution in [2.24, 2.45) is 5.92 Å². The van der Waals surface area contributed by atoms with E-state index in [0.717, 1.165) is 37.9 Å². The van der Waals surface area contributed by atoms with Crippen molar-refractivity contribution < 1.29 is 4.79 Å². The van der Waals surface area contributed by atoms with Crippen molar-refractivity contribution in [2.75, 3.05) is 27.2 Å². The molecule has 6 heteroatoms. The second-order valence-electron chi connectivity index (χ2n) is 9.31. The maximum atomic E-state index is 13.7. The summed E-state index contributed by atoms with van der Waals surface area (Å²) in [5, 5.41) is 0.579. The van der Waals surface area contributed by atoms with Gasteiger partial charge in [0.05, 0.1) is 22.6 Å². The van der Waals surface area contributed by atoms with Gasteiger partial charge in [-0.05, 0) is 58.1 Å². The van der Waals surface area contributed by atoms with Crippen LogP contribution in [-0.4, -0.2) is 52.4 Å². The van der Waals surface area contributed by atoms with Crippen LogP contribution in [0.1, 0.15) is 50.9 Å². The van der Waals surface area contributed by atoms with Gasteiger partial charge in [0.1, 0.15) is 5.82 Å². The third-order valence-electron chi connectivity index (χ3n) is 6.68. The van der Waals surface area contributed by atoms with E-state index in [1.807, 2.05) is 80.5 Å². The zero-order valence-electron chi connectivity index (χ0n) is 19.9. The molecule has 0 bridgehead atoms. The van der Waals surface area contributed by atoms with Gasteiger partial charge in [-0.3, -0.25) is 14.2 Å². The number of benzene rings is 2. The molecule has 174 valence electrons. The Morgan fingerprint density at radius 3 is 2.36 bits per heavy atom. The third kappa shape index (κ3) is 5.01. The predicted octanol–water partition coefficient (Wildman–Crippen LogP) is 4.42. The molecule has 0 N–H and O–H groups in total. The molecule has 0 aliphatic heterocycles.